The number of hydrogen-bond donors (Lipinski definition) is 1. The molecule has 1 aliphatic carbocycles. The number of hydrogen-bond acceptors (Lipinski definition) is 4. The van der Waals surface area contributed by atoms with Crippen molar-refractivity contribution < 1.29 is 4.74 Å². The lowest BCUT2D eigenvalue weighted by molar-refractivity contribution is 0.415. The van der Waals surface area contributed by atoms with E-state index in [9.17, 15) is 0 Å². The van der Waals surface area contributed by atoms with Gasteiger partial charge in [0.1, 0.15) is 5.75 Å². The zero-order valence-corrected chi connectivity index (χ0v) is 14.2. The molecule has 1 N–H and O–H groups in total. The molecule has 5 heteroatoms. The summed E-state index contributed by atoms with van der Waals surface area (Å²) >= 11 is 0. The molecule has 1 heterocycles. The summed E-state index contributed by atoms with van der Waals surface area (Å²) in [5.41, 5.74) is 7.36. The van der Waals surface area contributed by atoms with Gasteiger partial charge in [-0.1, -0.05) is 41.6 Å². The topological polar surface area (TPSA) is 63.7 Å². The van der Waals surface area contributed by atoms with E-state index in [-0.39, 0.29) is 0 Å². The van der Waals surface area contributed by atoms with Crippen LogP contribution in [0.4, 0.5) is 0 Å². The van der Waals surface area contributed by atoms with Crippen molar-refractivity contribution in [1.82, 2.24) is 20.6 Å². The number of fused-ring (bicyclic) bond motifs is 1. The number of methoxy groups -OCH3 is 1. The highest BCUT2D eigenvalue weighted by Gasteiger charge is 2.24. The zero-order chi connectivity index (χ0) is 17.2. The third-order valence-corrected chi connectivity index (χ3v) is 4.55. The average molecular weight is 330 g/mol. The van der Waals surface area contributed by atoms with Crippen molar-refractivity contribution in [2.45, 2.75) is 13.3 Å². The maximum absolute atomic E-state index is 5.24. The van der Waals surface area contributed by atoms with Crippen molar-refractivity contribution in [1.29, 1.82) is 0 Å². The summed E-state index contributed by atoms with van der Waals surface area (Å²) in [5.74, 6) is 1.56. The Bertz CT molecular complexity index is 954. The van der Waals surface area contributed by atoms with Crippen molar-refractivity contribution in [3.8, 4) is 5.75 Å². The molecular formula is C20H18N4O. The molecule has 124 valence electrons. The molecule has 4 rings (SSSR count). The molecule has 3 aromatic rings. The number of benzene rings is 2. The van der Waals surface area contributed by atoms with Crippen LogP contribution in [-0.2, 0) is 6.42 Å². The Balaban J connectivity index is 1.78. The minimum atomic E-state index is 0.666. The Morgan fingerprint density at radius 3 is 2.48 bits per heavy atom. The van der Waals surface area contributed by atoms with Crippen LogP contribution in [0.25, 0.3) is 17.2 Å². The number of ether oxygens (including phenoxy) is 1. The summed E-state index contributed by atoms with van der Waals surface area (Å²) in [5, 5.41) is 14.4. The van der Waals surface area contributed by atoms with Gasteiger partial charge in [0.05, 0.1) is 7.11 Å². The monoisotopic (exact) mass is 330 g/mol. The molecule has 0 radical (unpaired) electrons. The standard InChI is InChI=1S/C20H18N4O/c1-13-18(11-14-7-9-15(25-2)10-8-14)16-5-3-4-6-17(16)19(13)12-20-21-23-24-22-20/h3-11H,12H2,1-2H3,(H,21,22,23,24)/b18-11-. The van der Waals surface area contributed by atoms with Gasteiger partial charge < -0.3 is 4.74 Å². The molecule has 0 saturated carbocycles. The second kappa shape index (κ2) is 6.36. The highest BCUT2D eigenvalue weighted by Crippen LogP contribution is 2.43. The Morgan fingerprint density at radius 2 is 1.80 bits per heavy atom. The Hall–Kier alpha value is -3.21. The average Bonchev–Trinajstić information content (AvgIpc) is 3.25. The highest BCUT2D eigenvalue weighted by atomic mass is 16.5. The minimum Gasteiger partial charge on any atom is -0.497 e. The molecule has 25 heavy (non-hydrogen) atoms. The van der Waals surface area contributed by atoms with Gasteiger partial charge >= 0.3 is 0 Å². The molecule has 2 aromatic carbocycles. The number of tetrazole rings is 1. The van der Waals surface area contributed by atoms with Crippen molar-refractivity contribution in [3.63, 3.8) is 0 Å². The van der Waals surface area contributed by atoms with Gasteiger partial charge in [0.25, 0.3) is 0 Å². The molecule has 0 fully saturated rings. The Labute approximate surface area is 146 Å². The van der Waals surface area contributed by atoms with Gasteiger partial charge in [-0.15, -0.1) is 10.2 Å². The van der Waals surface area contributed by atoms with Gasteiger partial charge in [-0.05, 0) is 58.5 Å². The van der Waals surface area contributed by atoms with E-state index >= 15 is 0 Å². The first-order valence-electron chi connectivity index (χ1n) is 8.14. The molecule has 5 nitrogen and oxygen atoms in total. The summed E-state index contributed by atoms with van der Waals surface area (Å²) in [6.07, 6.45) is 2.89. The predicted molar refractivity (Wildman–Crippen MR) is 97.8 cm³/mol. The summed E-state index contributed by atoms with van der Waals surface area (Å²) in [6.45, 7) is 2.16. The van der Waals surface area contributed by atoms with Crippen molar-refractivity contribution in [2.24, 2.45) is 0 Å². The van der Waals surface area contributed by atoms with Gasteiger partial charge in [-0.3, -0.25) is 0 Å². The lowest BCUT2D eigenvalue weighted by atomic mass is 10.0. The third-order valence-electron chi connectivity index (χ3n) is 4.55. The summed E-state index contributed by atoms with van der Waals surface area (Å²) in [4.78, 5) is 0. The fraction of sp³-hybridized carbons (Fsp3) is 0.150. The first kappa shape index (κ1) is 15.3. The smallest absolute Gasteiger partial charge is 0.178 e. The van der Waals surface area contributed by atoms with E-state index in [0.717, 1.165) is 11.3 Å². The molecule has 0 spiro atoms. The van der Waals surface area contributed by atoms with Crippen LogP contribution in [0.1, 0.15) is 29.4 Å². The minimum absolute atomic E-state index is 0.666. The molecule has 0 unspecified atom stereocenters. The largest absolute Gasteiger partial charge is 0.497 e. The molecule has 1 aromatic heterocycles. The number of aromatic amines is 1. The van der Waals surface area contributed by atoms with E-state index in [0.29, 0.717) is 12.2 Å². The number of H-pyrrole nitrogens is 1. The van der Waals surface area contributed by atoms with Gasteiger partial charge in [0, 0.05) is 6.42 Å². The van der Waals surface area contributed by atoms with Gasteiger partial charge in [0.2, 0.25) is 0 Å². The van der Waals surface area contributed by atoms with E-state index in [1.54, 1.807) is 7.11 Å². The predicted octanol–water partition coefficient (Wildman–Crippen LogP) is 3.78. The van der Waals surface area contributed by atoms with E-state index in [2.05, 4.69) is 70.0 Å². The summed E-state index contributed by atoms with van der Waals surface area (Å²) < 4.78 is 5.24. The van der Waals surface area contributed by atoms with Crippen molar-refractivity contribution in [3.05, 3.63) is 76.6 Å². The van der Waals surface area contributed by atoms with Crippen LogP contribution in [0.5, 0.6) is 5.75 Å². The van der Waals surface area contributed by atoms with E-state index in [4.69, 9.17) is 4.74 Å². The van der Waals surface area contributed by atoms with Crippen LogP contribution < -0.4 is 4.74 Å². The summed E-state index contributed by atoms with van der Waals surface area (Å²) in [6, 6.07) is 16.6. The van der Waals surface area contributed by atoms with Gasteiger partial charge in [-0.25, -0.2) is 0 Å². The van der Waals surface area contributed by atoms with Crippen molar-refractivity contribution >= 4 is 17.2 Å². The van der Waals surface area contributed by atoms with E-state index in [1.807, 2.05) is 12.1 Å². The van der Waals surface area contributed by atoms with Gasteiger partial charge in [0.15, 0.2) is 5.82 Å². The summed E-state index contributed by atoms with van der Waals surface area (Å²) in [7, 11) is 1.68. The van der Waals surface area contributed by atoms with E-state index in [1.165, 1.54) is 27.8 Å². The molecule has 0 amide bonds. The number of allylic oxidation sites excluding steroid dienone is 3. The SMILES string of the molecule is COc1ccc(/C=C2/C(C)=C(Cc3nn[nH]n3)c3ccccc32)cc1. The number of aromatic nitrogens is 4. The number of nitrogens with zero attached hydrogens (tertiary/aromatic N) is 3. The van der Waals surface area contributed by atoms with Crippen LogP contribution in [-0.4, -0.2) is 27.7 Å². The Kier molecular flexibility index (Phi) is 3.90. The maximum Gasteiger partial charge on any atom is 0.178 e. The molecule has 0 aliphatic heterocycles. The lowest BCUT2D eigenvalue weighted by Crippen LogP contribution is -1.93. The van der Waals surface area contributed by atoms with E-state index < -0.39 is 0 Å². The van der Waals surface area contributed by atoms with Crippen LogP contribution in [0.15, 0.2) is 54.1 Å². The number of rotatable bonds is 4. The second-order valence-corrected chi connectivity index (χ2v) is 5.99. The fourth-order valence-corrected chi connectivity index (χ4v) is 3.24. The quantitative estimate of drug-likeness (QED) is 0.791. The fourth-order valence-electron chi connectivity index (χ4n) is 3.24. The zero-order valence-electron chi connectivity index (χ0n) is 14.2. The van der Waals surface area contributed by atoms with Crippen LogP contribution in [0.2, 0.25) is 0 Å². The Morgan fingerprint density at radius 1 is 1.04 bits per heavy atom. The molecule has 0 atom stereocenters. The first-order chi connectivity index (χ1) is 12.3. The third kappa shape index (κ3) is 2.85. The first-order valence-corrected chi connectivity index (χ1v) is 8.14. The highest BCUT2D eigenvalue weighted by molar-refractivity contribution is 6.05. The molecule has 0 bridgehead atoms. The van der Waals surface area contributed by atoms with Crippen LogP contribution in [0, 0.1) is 0 Å². The van der Waals surface area contributed by atoms with Crippen LogP contribution >= 0.6 is 0 Å². The normalized spacial score (nSPS) is 14.9. The second-order valence-electron chi connectivity index (χ2n) is 5.99. The number of nitrogens with one attached hydrogen (secondary N) is 1. The van der Waals surface area contributed by atoms with Crippen LogP contribution in [0.3, 0.4) is 0 Å². The lowest BCUT2D eigenvalue weighted by Gasteiger charge is -2.05. The van der Waals surface area contributed by atoms with Crippen molar-refractivity contribution in [2.75, 3.05) is 7.11 Å². The molecule has 0 saturated heterocycles. The molecule has 1 aliphatic rings. The van der Waals surface area contributed by atoms with Gasteiger partial charge in [-0.2, -0.15) is 5.21 Å². The molecular weight excluding hydrogens is 312 g/mol. The maximum atomic E-state index is 5.24.